The third kappa shape index (κ3) is 5.01. The summed E-state index contributed by atoms with van der Waals surface area (Å²) in [6.07, 6.45) is 4.31. The summed E-state index contributed by atoms with van der Waals surface area (Å²) in [5.41, 5.74) is 1.28. The summed E-state index contributed by atoms with van der Waals surface area (Å²) in [5, 5.41) is 0. The maximum atomic E-state index is 12.8. The molecule has 0 unspecified atom stereocenters. The highest BCUT2D eigenvalue weighted by Gasteiger charge is 2.29. The highest BCUT2D eigenvalue weighted by Crippen LogP contribution is 2.27. The summed E-state index contributed by atoms with van der Waals surface area (Å²) < 4.78 is 5.91. The first kappa shape index (κ1) is 20.0. The number of anilines is 1. The van der Waals surface area contributed by atoms with Gasteiger partial charge in [0.05, 0.1) is 0 Å². The first-order valence-electron chi connectivity index (χ1n) is 10.4. The van der Waals surface area contributed by atoms with Crippen molar-refractivity contribution in [1.29, 1.82) is 0 Å². The third-order valence-corrected chi connectivity index (χ3v) is 6.62. The lowest BCUT2D eigenvalue weighted by Gasteiger charge is -2.35. The van der Waals surface area contributed by atoms with Crippen LogP contribution in [-0.2, 0) is 11.2 Å². The van der Waals surface area contributed by atoms with Gasteiger partial charge in [0.15, 0.2) is 0 Å². The molecule has 0 spiro atoms. The minimum atomic E-state index is 0.143. The van der Waals surface area contributed by atoms with E-state index in [1.54, 1.807) is 6.33 Å². The number of aromatic nitrogens is 2. The number of rotatable bonds is 5. The molecule has 29 heavy (non-hydrogen) atoms. The van der Waals surface area contributed by atoms with Crippen LogP contribution in [0.25, 0.3) is 0 Å². The molecule has 2 aromatic rings. The van der Waals surface area contributed by atoms with Crippen LogP contribution >= 0.6 is 11.8 Å². The molecule has 7 heteroatoms. The number of thioether (sulfide) groups is 1. The van der Waals surface area contributed by atoms with Crippen LogP contribution in [0.4, 0.5) is 5.82 Å². The van der Waals surface area contributed by atoms with Gasteiger partial charge < -0.3 is 14.5 Å². The van der Waals surface area contributed by atoms with Crippen molar-refractivity contribution in [3.63, 3.8) is 0 Å². The van der Waals surface area contributed by atoms with Crippen LogP contribution in [0.15, 0.2) is 36.7 Å². The summed E-state index contributed by atoms with van der Waals surface area (Å²) in [6.45, 7) is 5.60. The Balaban J connectivity index is 1.34. The smallest absolute Gasteiger partial charge is 0.225 e. The van der Waals surface area contributed by atoms with Crippen molar-refractivity contribution in [3.05, 3.63) is 42.2 Å². The highest BCUT2D eigenvalue weighted by atomic mass is 32.2. The van der Waals surface area contributed by atoms with Crippen molar-refractivity contribution in [1.82, 2.24) is 14.9 Å². The van der Waals surface area contributed by atoms with Gasteiger partial charge in [-0.1, -0.05) is 19.1 Å². The van der Waals surface area contributed by atoms with Gasteiger partial charge in [0.25, 0.3) is 0 Å². The van der Waals surface area contributed by atoms with Crippen LogP contribution in [0, 0.1) is 5.92 Å². The predicted octanol–water partition coefficient (Wildman–Crippen LogP) is 3.62. The fourth-order valence-electron chi connectivity index (χ4n) is 3.87. The molecule has 2 saturated heterocycles. The number of carbonyl (C=O) groups excluding carboxylic acids is 1. The van der Waals surface area contributed by atoms with E-state index in [4.69, 9.17) is 4.74 Å². The Labute approximate surface area is 176 Å². The predicted molar refractivity (Wildman–Crippen MR) is 117 cm³/mol. The maximum Gasteiger partial charge on any atom is 0.225 e. The van der Waals surface area contributed by atoms with Crippen LogP contribution in [0.1, 0.15) is 25.3 Å². The molecular weight excluding hydrogens is 384 g/mol. The number of hydrogen-bond donors (Lipinski definition) is 0. The molecule has 0 bridgehead atoms. The molecule has 3 heterocycles. The van der Waals surface area contributed by atoms with Gasteiger partial charge >= 0.3 is 0 Å². The molecule has 0 saturated carbocycles. The van der Waals surface area contributed by atoms with Crippen molar-refractivity contribution >= 4 is 23.5 Å². The van der Waals surface area contributed by atoms with Crippen LogP contribution in [-0.4, -0.2) is 58.5 Å². The molecule has 2 aliphatic rings. The van der Waals surface area contributed by atoms with Gasteiger partial charge in [-0.15, -0.1) is 0 Å². The quantitative estimate of drug-likeness (QED) is 0.748. The molecule has 2 aliphatic heterocycles. The van der Waals surface area contributed by atoms with E-state index in [1.165, 1.54) is 5.56 Å². The topological polar surface area (TPSA) is 58.6 Å². The molecule has 0 radical (unpaired) electrons. The summed E-state index contributed by atoms with van der Waals surface area (Å²) in [5.74, 6) is 4.79. The number of ether oxygens (including phenoxy) is 1. The van der Waals surface area contributed by atoms with Crippen LogP contribution in [0.2, 0.25) is 0 Å². The van der Waals surface area contributed by atoms with E-state index in [1.807, 2.05) is 30.0 Å². The molecule has 0 N–H and O–H groups in total. The van der Waals surface area contributed by atoms with E-state index >= 15 is 0 Å². The van der Waals surface area contributed by atoms with E-state index in [2.05, 4.69) is 38.8 Å². The van der Waals surface area contributed by atoms with Crippen LogP contribution in [0.3, 0.4) is 0 Å². The number of aryl methyl sites for hydroxylation is 1. The first-order chi connectivity index (χ1) is 14.2. The molecule has 6 nitrogen and oxygen atoms in total. The van der Waals surface area contributed by atoms with Gasteiger partial charge in [-0.3, -0.25) is 4.79 Å². The van der Waals surface area contributed by atoms with E-state index in [0.29, 0.717) is 11.8 Å². The lowest BCUT2D eigenvalue weighted by molar-refractivity contribution is -0.135. The maximum absolute atomic E-state index is 12.8. The minimum Gasteiger partial charge on any atom is -0.439 e. The molecule has 1 aromatic carbocycles. The summed E-state index contributed by atoms with van der Waals surface area (Å²) in [6, 6.07) is 9.96. The second-order valence-corrected chi connectivity index (χ2v) is 8.74. The Morgan fingerprint density at radius 3 is 2.52 bits per heavy atom. The lowest BCUT2D eigenvalue weighted by atomic mass is 9.95. The Bertz CT molecular complexity index is 816. The van der Waals surface area contributed by atoms with Gasteiger partial charge in [0.2, 0.25) is 11.8 Å². The zero-order valence-corrected chi connectivity index (χ0v) is 17.7. The number of piperidine rings is 1. The number of nitrogens with zero attached hydrogens (tertiary/aromatic N) is 4. The Hall–Kier alpha value is -2.28. The van der Waals surface area contributed by atoms with Gasteiger partial charge in [-0.2, -0.15) is 11.8 Å². The number of hydrogen-bond acceptors (Lipinski definition) is 6. The molecule has 1 amide bonds. The van der Waals surface area contributed by atoms with Crippen molar-refractivity contribution in [2.75, 3.05) is 42.6 Å². The van der Waals surface area contributed by atoms with Crippen LogP contribution in [0.5, 0.6) is 11.6 Å². The van der Waals surface area contributed by atoms with Crippen molar-refractivity contribution in [2.24, 2.45) is 5.92 Å². The average molecular weight is 413 g/mol. The Morgan fingerprint density at radius 1 is 1.10 bits per heavy atom. The van der Waals surface area contributed by atoms with Gasteiger partial charge in [0, 0.05) is 49.7 Å². The highest BCUT2D eigenvalue weighted by molar-refractivity contribution is 7.99. The Kier molecular flexibility index (Phi) is 6.54. The second kappa shape index (κ2) is 9.48. The third-order valence-electron chi connectivity index (χ3n) is 5.67. The van der Waals surface area contributed by atoms with E-state index in [-0.39, 0.29) is 5.92 Å². The van der Waals surface area contributed by atoms with Crippen molar-refractivity contribution in [2.45, 2.75) is 26.2 Å². The molecule has 0 atom stereocenters. The van der Waals surface area contributed by atoms with E-state index in [0.717, 1.165) is 68.5 Å². The van der Waals surface area contributed by atoms with Gasteiger partial charge in [-0.05, 0) is 37.0 Å². The standard InChI is InChI=1S/C22H28N4O2S/c1-2-17-3-5-19(6-4-17)28-21-15-20(23-16-24-21)25-9-7-18(8-10-25)22(27)26-11-13-29-14-12-26/h3-6,15-16,18H,2,7-14H2,1H3. The van der Waals surface area contributed by atoms with Crippen molar-refractivity contribution in [3.8, 4) is 11.6 Å². The SMILES string of the molecule is CCc1ccc(Oc2cc(N3CCC(C(=O)N4CCSCC4)CC3)ncn2)cc1. The van der Waals surface area contributed by atoms with Crippen LogP contribution < -0.4 is 9.64 Å². The molecule has 1 aromatic heterocycles. The fourth-order valence-corrected chi connectivity index (χ4v) is 4.77. The molecule has 0 aliphatic carbocycles. The van der Waals surface area contributed by atoms with Gasteiger partial charge in [0.1, 0.15) is 17.9 Å². The summed E-state index contributed by atoms with van der Waals surface area (Å²) in [4.78, 5) is 25.7. The summed E-state index contributed by atoms with van der Waals surface area (Å²) in [7, 11) is 0. The monoisotopic (exact) mass is 412 g/mol. The molecule has 154 valence electrons. The van der Waals surface area contributed by atoms with E-state index < -0.39 is 0 Å². The molecular formula is C22H28N4O2S. The summed E-state index contributed by atoms with van der Waals surface area (Å²) >= 11 is 1.94. The molecule has 4 rings (SSSR count). The fraction of sp³-hybridized carbons (Fsp3) is 0.500. The number of benzene rings is 1. The Morgan fingerprint density at radius 2 is 1.83 bits per heavy atom. The largest absolute Gasteiger partial charge is 0.439 e. The van der Waals surface area contributed by atoms with Crippen molar-refractivity contribution < 1.29 is 9.53 Å². The van der Waals surface area contributed by atoms with Gasteiger partial charge in [-0.25, -0.2) is 9.97 Å². The number of carbonyl (C=O) groups is 1. The molecule has 2 fully saturated rings. The zero-order valence-electron chi connectivity index (χ0n) is 16.9. The minimum absolute atomic E-state index is 0.143. The normalized spacial score (nSPS) is 18.0. The van der Waals surface area contributed by atoms with E-state index in [9.17, 15) is 4.79 Å². The second-order valence-electron chi connectivity index (χ2n) is 7.51. The first-order valence-corrected chi connectivity index (χ1v) is 11.6. The lowest BCUT2D eigenvalue weighted by Crippen LogP contribution is -2.45. The number of amides is 1. The zero-order chi connectivity index (χ0) is 20.1. The average Bonchev–Trinajstić information content (AvgIpc) is 2.80.